The Balaban J connectivity index is 0. The third-order valence-electron chi connectivity index (χ3n) is 0.141. The van der Waals surface area contributed by atoms with Gasteiger partial charge in [0.1, 0.15) is 0 Å². The fourth-order valence-corrected chi connectivity index (χ4v) is 0.109. The molecule has 3 nitrogen and oxygen atoms in total. The smallest absolute Gasteiger partial charge is 0.750 e. The van der Waals surface area contributed by atoms with Gasteiger partial charge in [-0.2, -0.15) is 0 Å². The zero-order chi connectivity index (χ0) is 4.99. The monoisotopic (exact) mass is 152 g/mol. The summed E-state index contributed by atoms with van der Waals surface area (Å²) in [5, 5.41) is 0. The second kappa shape index (κ2) is 7.64. The van der Waals surface area contributed by atoms with Gasteiger partial charge in [0, 0.05) is 0 Å². The molecule has 0 saturated heterocycles. The van der Waals surface area contributed by atoms with Crippen LogP contribution in [0.1, 0.15) is 0 Å². The number of alkyl halides is 1. The van der Waals surface area contributed by atoms with Crippen LogP contribution < -0.4 is 51.4 Å². The molecule has 0 aliphatic rings. The molecule has 0 aliphatic carbocycles. The topological polar surface area (TPSA) is 49.4 Å². The molecule has 0 spiro atoms. The molecule has 0 N–H and O–H groups in total. The van der Waals surface area contributed by atoms with Crippen molar-refractivity contribution in [3.63, 3.8) is 0 Å². The number of hydrogen-bond acceptors (Lipinski definition) is 3. The van der Waals surface area contributed by atoms with E-state index in [0.29, 0.717) is 0 Å². The maximum atomic E-state index is 10.6. The molecule has 0 aliphatic heterocycles. The summed E-state index contributed by atoms with van der Waals surface area (Å²) in [7, 11) is 0. The molecule has 6 heteroatoms. The van der Waals surface area contributed by atoms with Gasteiger partial charge < -0.3 is 4.55 Å². The summed E-state index contributed by atoms with van der Waals surface area (Å²) in [4.78, 5) is 0. The molecule has 0 saturated carbocycles. The SMILES string of the molecule is O=S([O-])OCF.[K+]. The van der Waals surface area contributed by atoms with Crippen molar-refractivity contribution >= 4 is 11.4 Å². The van der Waals surface area contributed by atoms with Crippen molar-refractivity contribution in [1.82, 2.24) is 0 Å². The predicted octanol–water partition coefficient (Wildman–Crippen LogP) is -3.27. The van der Waals surface area contributed by atoms with Crippen molar-refractivity contribution in [1.29, 1.82) is 0 Å². The van der Waals surface area contributed by atoms with E-state index >= 15 is 0 Å². The predicted molar refractivity (Wildman–Crippen MR) is 16.0 cm³/mol. The average molecular weight is 152 g/mol. The van der Waals surface area contributed by atoms with Crippen LogP contribution in [0.5, 0.6) is 0 Å². The Morgan fingerprint density at radius 1 is 1.86 bits per heavy atom. The molecule has 0 aromatic heterocycles. The zero-order valence-corrected chi connectivity index (χ0v) is 7.66. The first-order chi connectivity index (χ1) is 2.77. The molecule has 0 heterocycles. The van der Waals surface area contributed by atoms with Crippen molar-refractivity contribution in [3.05, 3.63) is 0 Å². The maximum absolute atomic E-state index is 10.6. The minimum atomic E-state index is -2.69. The van der Waals surface area contributed by atoms with E-state index in [0.717, 1.165) is 0 Å². The van der Waals surface area contributed by atoms with Crippen LogP contribution in [0.2, 0.25) is 0 Å². The molecule has 0 rings (SSSR count). The van der Waals surface area contributed by atoms with E-state index in [-0.39, 0.29) is 51.4 Å². The molecule has 0 fully saturated rings. The zero-order valence-electron chi connectivity index (χ0n) is 3.72. The van der Waals surface area contributed by atoms with Crippen LogP contribution in [0.25, 0.3) is 0 Å². The van der Waals surface area contributed by atoms with E-state index in [1.165, 1.54) is 0 Å². The molecule has 0 amide bonds. The first-order valence-corrected chi connectivity index (χ1v) is 2.06. The van der Waals surface area contributed by atoms with E-state index in [1.807, 2.05) is 0 Å². The summed E-state index contributed by atoms with van der Waals surface area (Å²) in [6.45, 7) is -1.28. The molecule has 0 aromatic carbocycles. The summed E-state index contributed by atoms with van der Waals surface area (Å²) in [6.07, 6.45) is 0. The van der Waals surface area contributed by atoms with Gasteiger partial charge in [0.15, 0.2) is 0 Å². The summed E-state index contributed by atoms with van der Waals surface area (Å²) >= 11 is -2.69. The van der Waals surface area contributed by atoms with Crippen LogP contribution in [-0.2, 0) is 15.5 Å². The Morgan fingerprint density at radius 3 is 2.29 bits per heavy atom. The van der Waals surface area contributed by atoms with Gasteiger partial charge in [-0.3, -0.25) is 4.18 Å². The van der Waals surface area contributed by atoms with E-state index in [2.05, 4.69) is 4.18 Å². The molecule has 7 heavy (non-hydrogen) atoms. The second-order valence-corrected chi connectivity index (χ2v) is 1.08. The van der Waals surface area contributed by atoms with Gasteiger partial charge >= 0.3 is 51.4 Å². The minimum Gasteiger partial charge on any atom is -0.750 e. The Labute approximate surface area is 85.5 Å². The Morgan fingerprint density at radius 2 is 2.29 bits per heavy atom. The maximum Gasteiger partial charge on any atom is 1.00 e. The molecular weight excluding hydrogens is 150 g/mol. The van der Waals surface area contributed by atoms with Gasteiger partial charge in [-0.1, -0.05) is 0 Å². The fraction of sp³-hybridized carbons (Fsp3) is 1.00. The van der Waals surface area contributed by atoms with Gasteiger partial charge in [0.25, 0.3) is 0 Å². The Bertz CT molecular complexity index is 58.9. The first kappa shape index (κ1) is 11.4. The summed E-state index contributed by atoms with van der Waals surface area (Å²) < 4.78 is 32.2. The molecular formula is CH2FKO3S. The normalized spacial score (nSPS) is 12.3. The summed E-state index contributed by atoms with van der Waals surface area (Å²) in [6, 6.07) is 0. The van der Waals surface area contributed by atoms with Crippen molar-refractivity contribution < 1.29 is 68.7 Å². The van der Waals surface area contributed by atoms with Gasteiger partial charge in [-0.05, 0) is 0 Å². The number of halogens is 1. The largest absolute Gasteiger partial charge is 1.00 e. The van der Waals surface area contributed by atoms with Crippen molar-refractivity contribution in [2.75, 3.05) is 6.86 Å². The third kappa shape index (κ3) is 11.3. The molecule has 38 valence electrons. The Kier molecular flexibility index (Phi) is 12.5. The van der Waals surface area contributed by atoms with E-state index in [1.54, 1.807) is 0 Å². The van der Waals surface area contributed by atoms with Crippen LogP contribution in [-0.4, -0.2) is 15.6 Å². The standard InChI is InChI=1S/CH3FO3S.K/c2-1-5-6(3)4;/h1H2,(H,3,4);/q;+1/p-1. The van der Waals surface area contributed by atoms with E-state index in [4.69, 9.17) is 8.76 Å². The number of rotatable bonds is 2. The summed E-state index contributed by atoms with van der Waals surface area (Å²) in [5.41, 5.74) is 0. The molecule has 1 atom stereocenters. The third-order valence-corrected chi connectivity index (χ3v) is 0.422. The van der Waals surface area contributed by atoms with Gasteiger partial charge in [0.05, 0.1) is 11.4 Å². The van der Waals surface area contributed by atoms with Crippen LogP contribution in [0.3, 0.4) is 0 Å². The molecule has 0 radical (unpaired) electrons. The average Bonchev–Trinajstić information content (AvgIpc) is 1.35. The quantitative estimate of drug-likeness (QED) is 0.308. The van der Waals surface area contributed by atoms with Gasteiger partial charge in [-0.15, -0.1) is 0 Å². The minimum absolute atomic E-state index is 0. The van der Waals surface area contributed by atoms with Gasteiger partial charge in [0.2, 0.25) is 6.86 Å². The summed E-state index contributed by atoms with van der Waals surface area (Å²) in [5.74, 6) is 0. The van der Waals surface area contributed by atoms with Gasteiger partial charge in [-0.25, -0.2) is 8.60 Å². The van der Waals surface area contributed by atoms with Crippen LogP contribution in [0.15, 0.2) is 0 Å². The van der Waals surface area contributed by atoms with Crippen LogP contribution >= 0.6 is 0 Å². The van der Waals surface area contributed by atoms with E-state index < -0.39 is 18.2 Å². The van der Waals surface area contributed by atoms with Crippen LogP contribution in [0.4, 0.5) is 4.39 Å². The fourth-order valence-electron chi connectivity index (χ4n) is 0.0364. The van der Waals surface area contributed by atoms with Crippen molar-refractivity contribution in [3.8, 4) is 0 Å². The second-order valence-electron chi connectivity index (χ2n) is 0.431. The Hall–Kier alpha value is 1.64. The number of hydrogen-bond donors (Lipinski definition) is 0. The first-order valence-electron chi connectivity index (χ1n) is 1.06. The van der Waals surface area contributed by atoms with Crippen LogP contribution in [0, 0.1) is 0 Å². The van der Waals surface area contributed by atoms with E-state index in [9.17, 15) is 4.39 Å². The molecule has 0 bridgehead atoms. The van der Waals surface area contributed by atoms with Crippen molar-refractivity contribution in [2.45, 2.75) is 0 Å². The molecule has 1 unspecified atom stereocenters. The molecule has 0 aromatic rings. The van der Waals surface area contributed by atoms with Crippen molar-refractivity contribution in [2.24, 2.45) is 0 Å².